The van der Waals surface area contributed by atoms with Crippen LogP contribution in [0, 0.1) is 10.1 Å². The number of non-ortho nitro benzene ring substituents is 1. The first-order chi connectivity index (χ1) is 9.67. The van der Waals surface area contributed by atoms with Crippen LogP contribution >= 0.6 is 12.4 Å². The number of anilines is 1. The van der Waals surface area contributed by atoms with Crippen LogP contribution in [0.4, 0.5) is 11.7 Å². The molecular formula is C13H17ClN4O3. The molecule has 114 valence electrons. The zero-order valence-electron chi connectivity index (χ0n) is 11.6. The van der Waals surface area contributed by atoms with E-state index in [1.165, 1.54) is 12.1 Å². The molecule has 1 aliphatic rings. The van der Waals surface area contributed by atoms with Gasteiger partial charge in [-0.15, -0.1) is 12.4 Å². The molecule has 0 radical (unpaired) electrons. The van der Waals surface area contributed by atoms with Crippen molar-refractivity contribution >= 4 is 35.2 Å². The third kappa shape index (κ3) is 3.08. The molecule has 7 nitrogen and oxygen atoms in total. The fourth-order valence-electron chi connectivity index (χ4n) is 2.54. The molecule has 1 atom stereocenters. The Morgan fingerprint density at radius 2 is 2.33 bits per heavy atom. The number of nitro groups is 1. The van der Waals surface area contributed by atoms with Crippen molar-refractivity contribution < 1.29 is 9.34 Å². The number of halogens is 1. The minimum absolute atomic E-state index is 0. The van der Waals surface area contributed by atoms with Crippen molar-refractivity contribution in [1.29, 1.82) is 0 Å². The second-order valence-electron chi connectivity index (χ2n) is 4.98. The number of nitrogens with zero attached hydrogens (tertiary/aromatic N) is 3. The first kappa shape index (κ1) is 15.5. The average molecular weight is 313 g/mol. The summed E-state index contributed by atoms with van der Waals surface area (Å²) in [6.45, 7) is 1.73. The fraction of sp³-hybridized carbons (Fsp3) is 0.462. The van der Waals surface area contributed by atoms with Gasteiger partial charge in [0.05, 0.1) is 4.92 Å². The van der Waals surface area contributed by atoms with E-state index in [9.17, 15) is 10.1 Å². The Bertz CT molecular complexity index is 645. The van der Waals surface area contributed by atoms with Crippen LogP contribution in [-0.2, 0) is 0 Å². The lowest BCUT2D eigenvalue weighted by Crippen LogP contribution is -2.44. The number of rotatable bonds is 3. The zero-order chi connectivity index (χ0) is 14.1. The highest BCUT2D eigenvalue weighted by Gasteiger charge is 2.22. The lowest BCUT2D eigenvalue weighted by Gasteiger charge is -2.31. The number of aromatic nitrogens is 1. The summed E-state index contributed by atoms with van der Waals surface area (Å²) in [6.07, 6.45) is 2.21. The lowest BCUT2D eigenvalue weighted by atomic mass is 10.1. The molecule has 1 unspecified atom stereocenters. The van der Waals surface area contributed by atoms with Gasteiger partial charge < -0.3 is 14.6 Å². The molecule has 21 heavy (non-hydrogen) atoms. The van der Waals surface area contributed by atoms with Gasteiger partial charge in [0.1, 0.15) is 5.52 Å². The third-order valence-electron chi connectivity index (χ3n) is 3.67. The SMILES string of the molecule is CNC1CCCN(c2nc3cc([N+](=O)[O-])ccc3o2)C1.Cl. The van der Waals surface area contributed by atoms with Gasteiger partial charge in [-0.1, -0.05) is 0 Å². The molecule has 1 saturated heterocycles. The van der Waals surface area contributed by atoms with Crippen LogP contribution in [-0.4, -0.2) is 36.1 Å². The van der Waals surface area contributed by atoms with E-state index in [2.05, 4.69) is 15.2 Å². The first-order valence-corrected chi connectivity index (χ1v) is 6.64. The molecule has 1 N–H and O–H groups in total. The average Bonchev–Trinajstić information content (AvgIpc) is 2.90. The van der Waals surface area contributed by atoms with Crippen LogP contribution < -0.4 is 10.2 Å². The normalized spacial score (nSPS) is 18.5. The van der Waals surface area contributed by atoms with Crippen molar-refractivity contribution in [3.8, 4) is 0 Å². The number of hydrogen-bond acceptors (Lipinski definition) is 6. The Labute approximate surface area is 127 Å². The van der Waals surface area contributed by atoms with E-state index in [0.29, 0.717) is 23.2 Å². The van der Waals surface area contributed by atoms with Gasteiger partial charge in [-0.2, -0.15) is 4.98 Å². The molecule has 3 rings (SSSR count). The van der Waals surface area contributed by atoms with Crippen LogP contribution in [0.1, 0.15) is 12.8 Å². The van der Waals surface area contributed by atoms with Gasteiger partial charge in [-0.05, 0) is 26.0 Å². The number of benzene rings is 1. The highest BCUT2D eigenvalue weighted by molar-refractivity contribution is 5.85. The van der Waals surface area contributed by atoms with E-state index in [0.717, 1.165) is 25.9 Å². The molecule has 0 bridgehead atoms. The topological polar surface area (TPSA) is 84.4 Å². The summed E-state index contributed by atoms with van der Waals surface area (Å²) in [5.41, 5.74) is 1.14. The fourth-order valence-corrected chi connectivity index (χ4v) is 2.54. The summed E-state index contributed by atoms with van der Waals surface area (Å²) in [5.74, 6) is 0. The summed E-state index contributed by atoms with van der Waals surface area (Å²) in [7, 11) is 1.95. The van der Waals surface area contributed by atoms with Crippen LogP contribution in [0.2, 0.25) is 0 Å². The summed E-state index contributed by atoms with van der Waals surface area (Å²) in [6, 6.07) is 5.45. The molecule has 0 saturated carbocycles. The van der Waals surface area contributed by atoms with Crippen molar-refractivity contribution in [1.82, 2.24) is 10.3 Å². The van der Waals surface area contributed by atoms with Gasteiger partial charge in [-0.25, -0.2) is 0 Å². The molecule has 1 aliphatic heterocycles. The lowest BCUT2D eigenvalue weighted by molar-refractivity contribution is -0.384. The van der Waals surface area contributed by atoms with E-state index in [4.69, 9.17) is 4.42 Å². The Morgan fingerprint density at radius 1 is 1.52 bits per heavy atom. The molecule has 0 spiro atoms. The Morgan fingerprint density at radius 3 is 3.05 bits per heavy atom. The smallest absolute Gasteiger partial charge is 0.298 e. The number of oxazole rings is 1. The maximum Gasteiger partial charge on any atom is 0.298 e. The van der Waals surface area contributed by atoms with Crippen molar-refractivity contribution in [3.05, 3.63) is 28.3 Å². The van der Waals surface area contributed by atoms with Crippen molar-refractivity contribution in [3.63, 3.8) is 0 Å². The highest BCUT2D eigenvalue weighted by atomic mass is 35.5. The van der Waals surface area contributed by atoms with Gasteiger partial charge >= 0.3 is 0 Å². The van der Waals surface area contributed by atoms with Crippen LogP contribution in [0.5, 0.6) is 0 Å². The number of piperidine rings is 1. The Hall–Kier alpha value is -1.86. The van der Waals surface area contributed by atoms with E-state index < -0.39 is 4.92 Å². The number of likely N-dealkylation sites (N-methyl/N-ethyl adjacent to an activating group) is 1. The van der Waals surface area contributed by atoms with Crippen LogP contribution in [0.3, 0.4) is 0 Å². The summed E-state index contributed by atoms with van der Waals surface area (Å²) < 4.78 is 5.70. The molecule has 1 aromatic heterocycles. The molecule has 8 heteroatoms. The molecule has 0 aliphatic carbocycles. The molecule has 2 heterocycles. The van der Waals surface area contributed by atoms with Crippen molar-refractivity contribution in [2.75, 3.05) is 25.0 Å². The van der Waals surface area contributed by atoms with Crippen LogP contribution in [0.15, 0.2) is 22.6 Å². The molecular weight excluding hydrogens is 296 g/mol. The minimum atomic E-state index is -0.425. The Kier molecular flexibility index (Phi) is 4.64. The predicted molar refractivity (Wildman–Crippen MR) is 82.2 cm³/mol. The van der Waals surface area contributed by atoms with Gasteiger partial charge in [0, 0.05) is 31.3 Å². The molecule has 1 aromatic carbocycles. The number of nitro benzene ring substituents is 1. The monoisotopic (exact) mass is 312 g/mol. The highest BCUT2D eigenvalue weighted by Crippen LogP contribution is 2.27. The molecule has 0 amide bonds. The van der Waals surface area contributed by atoms with Gasteiger partial charge in [0.25, 0.3) is 11.7 Å². The first-order valence-electron chi connectivity index (χ1n) is 6.64. The minimum Gasteiger partial charge on any atom is -0.423 e. The summed E-state index contributed by atoms with van der Waals surface area (Å²) >= 11 is 0. The standard InChI is InChI=1S/C13H16N4O3.ClH/c1-14-9-3-2-6-16(8-9)13-15-11-7-10(17(18)19)4-5-12(11)20-13;/h4-5,7,9,14H,2-3,6,8H2,1H3;1H. The van der Waals surface area contributed by atoms with Gasteiger partial charge in [-0.3, -0.25) is 10.1 Å². The van der Waals surface area contributed by atoms with E-state index in [-0.39, 0.29) is 18.1 Å². The summed E-state index contributed by atoms with van der Waals surface area (Å²) in [4.78, 5) is 16.8. The summed E-state index contributed by atoms with van der Waals surface area (Å²) in [5, 5.41) is 14.0. The second-order valence-corrected chi connectivity index (χ2v) is 4.98. The Balaban J connectivity index is 0.00000161. The number of hydrogen-bond donors (Lipinski definition) is 1. The quantitative estimate of drug-likeness (QED) is 0.691. The predicted octanol–water partition coefficient (Wildman–Crippen LogP) is 2.35. The number of fused-ring (bicyclic) bond motifs is 1. The third-order valence-corrected chi connectivity index (χ3v) is 3.67. The van der Waals surface area contributed by atoms with Gasteiger partial charge in [0.2, 0.25) is 0 Å². The maximum absolute atomic E-state index is 10.8. The second kappa shape index (κ2) is 6.28. The molecule has 1 fully saturated rings. The van der Waals surface area contributed by atoms with Crippen molar-refractivity contribution in [2.45, 2.75) is 18.9 Å². The van der Waals surface area contributed by atoms with E-state index >= 15 is 0 Å². The van der Waals surface area contributed by atoms with Gasteiger partial charge in [0.15, 0.2) is 5.58 Å². The van der Waals surface area contributed by atoms with Crippen LogP contribution in [0.25, 0.3) is 11.1 Å². The van der Waals surface area contributed by atoms with E-state index in [1.54, 1.807) is 6.07 Å². The van der Waals surface area contributed by atoms with E-state index in [1.807, 2.05) is 7.05 Å². The largest absolute Gasteiger partial charge is 0.423 e. The van der Waals surface area contributed by atoms with Crippen molar-refractivity contribution in [2.24, 2.45) is 0 Å². The number of nitrogens with one attached hydrogen (secondary N) is 1. The zero-order valence-corrected chi connectivity index (χ0v) is 12.4. The maximum atomic E-state index is 10.8. The molecule has 2 aromatic rings.